The minimum Gasteiger partial charge on any atom is -0.491 e. The maximum atomic E-state index is 13.5. The lowest BCUT2D eigenvalue weighted by molar-refractivity contribution is -0.138. The number of ether oxygens (including phenoxy) is 1. The van der Waals surface area contributed by atoms with E-state index in [2.05, 4.69) is 15.5 Å². The second-order valence-electron chi connectivity index (χ2n) is 9.75. The zero-order valence-electron chi connectivity index (χ0n) is 21.8. The Labute approximate surface area is 213 Å². The van der Waals surface area contributed by atoms with Gasteiger partial charge in [0.15, 0.2) is 0 Å². The van der Waals surface area contributed by atoms with Gasteiger partial charge in [0.25, 0.3) is 5.91 Å². The van der Waals surface area contributed by atoms with E-state index in [9.17, 15) is 19.2 Å². The molecule has 2 aliphatic heterocycles. The lowest BCUT2D eigenvalue weighted by Gasteiger charge is -2.30. The standard InChI is InChI=1S/C26H39N5O5/c1-5-18(2)23-26(35)30(4)15-16-36-21-10-7-6-9-19(21)24(33)27-20(17-22(32)28-23)25(34)31-12-8-11-29(3)13-14-31/h6-7,9-10,18,20,23H,5,8,11-17H2,1-4H3,(H,27,33)(H,28,32)/t18-,20-,23-/m0/s1. The number of nitrogens with zero attached hydrogens (tertiary/aromatic N) is 3. The van der Waals surface area contributed by atoms with Crippen molar-refractivity contribution < 1.29 is 23.9 Å². The van der Waals surface area contributed by atoms with Crippen molar-refractivity contribution in [2.24, 2.45) is 5.92 Å². The molecule has 0 unspecified atom stereocenters. The van der Waals surface area contributed by atoms with Crippen LogP contribution in [-0.2, 0) is 14.4 Å². The first kappa shape index (κ1) is 27.4. The van der Waals surface area contributed by atoms with Crippen molar-refractivity contribution in [3.05, 3.63) is 29.8 Å². The molecule has 0 aliphatic carbocycles. The highest BCUT2D eigenvalue weighted by atomic mass is 16.5. The fourth-order valence-electron chi connectivity index (χ4n) is 4.44. The number of benzene rings is 1. The third kappa shape index (κ3) is 6.96. The normalized spacial score (nSPS) is 23.9. The lowest BCUT2D eigenvalue weighted by Crippen LogP contribution is -2.55. The molecule has 2 aliphatic rings. The van der Waals surface area contributed by atoms with Crippen LogP contribution in [0.15, 0.2) is 24.3 Å². The number of hydrogen-bond donors (Lipinski definition) is 2. The molecule has 1 aromatic carbocycles. The zero-order valence-corrected chi connectivity index (χ0v) is 21.8. The first-order chi connectivity index (χ1) is 17.2. The van der Waals surface area contributed by atoms with Gasteiger partial charge in [-0.1, -0.05) is 32.4 Å². The molecule has 198 valence electrons. The van der Waals surface area contributed by atoms with E-state index >= 15 is 0 Å². The quantitative estimate of drug-likeness (QED) is 0.632. The summed E-state index contributed by atoms with van der Waals surface area (Å²) in [6.45, 7) is 6.99. The average molecular weight is 502 g/mol. The van der Waals surface area contributed by atoms with Crippen molar-refractivity contribution in [2.45, 2.75) is 45.2 Å². The van der Waals surface area contributed by atoms with Gasteiger partial charge in [-0.2, -0.15) is 0 Å². The number of hydrogen-bond acceptors (Lipinski definition) is 6. The summed E-state index contributed by atoms with van der Waals surface area (Å²) in [6.07, 6.45) is 1.24. The van der Waals surface area contributed by atoms with E-state index in [0.29, 0.717) is 38.3 Å². The minimum atomic E-state index is -1.07. The van der Waals surface area contributed by atoms with E-state index in [0.717, 1.165) is 13.0 Å². The summed E-state index contributed by atoms with van der Waals surface area (Å²) in [5.41, 5.74) is 0.273. The van der Waals surface area contributed by atoms with Crippen molar-refractivity contribution in [1.29, 1.82) is 0 Å². The second-order valence-corrected chi connectivity index (χ2v) is 9.75. The summed E-state index contributed by atoms with van der Waals surface area (Å²) in [4.78, 5) is 58.6. The number of likely N-dealkylation sites (N-methyl/N-ethyl adjacent to an activating group) is 2. The molecule has 1 fully saturated rings. The molecule has 10 heteroatoms. The fourth-order valence-corrected chi connectivity index (χ4v) is 4.44. The third-order valence-electron chi connectivity index (χ3n) is 7.01. The van der Waals surface area contributed by atoms with Crippen LogP contribution >= 0.6 is 0 Å². The zero-order chi connectivity index (χ0) is 26.2. The van der Waals surface area contributed by atoms with E-state index in [1.807, 2.05) is 20.9 Å². The molecule has 36 heavy (non-hydrogen) atoms. The van der Waals surface area contributed by atoms with Crippen LogP contribution in [0, 0.1) is 5.92 Å². The minimum absolute atomic E-state index is 0.108. The van der Waals surface area contributed by atoms with Crippen LogP contribution < -0.4 is 15.4 Å². The Bertz CT molecular complexity index is 954. The lowest BCUT2D eigenvalue weighted by atomic mass is 9.97. The average Bonchev–Trinajstić information content (AvgIpc) is 3.09. The van der Waals surface area contributed by atoms with E-state index in [1.165, 1.54) is 4.90 Å². The topological polar surface area (TPSA) is 111 Å². The van der Waals surface area contributed by atoms with Crippen LogP contribution in [0.4, 0.5) is 0 Å². The van der Waals surface area contributed by atoms with Crippen LogP contribution in [0.3, 0.4) is 0 Å². The van der Waals surface area contributed by atoms with Gasteiger partial charge in [0, 0.05) is 26.7 Å². The van der Waals surface area contributed by atoms with Crippen LogP contribution in [-0.4, -0.2) is 104 Å². The molecule has 3 atom stereocenters. The number of fused-ring (bicyclic) bond motifs is 1. The van der Waals surface area contributed by atoms with Gasteiger partial charge in [-0.25, -0.2) is 0 Å². The molecule has 0 bridgehead atoms. The Kier molecular flexibility index (Phi) is 9.69. The summed E-state index contributed by atoms with van der Waals surface area (Å²) >= 11 is 0. The molecule has 2 N–H and O–H groups in total. The highest BCUT2D eigenvalue weighted by Crippen LogP contribution is 2.19. The second kappa shape index (κ2) is 12.7. The first-order valence-electron chi connectivity index (χ1n) is 12.8. The molecule has 10 nitrogen and oxygen atoms in total. The Hall–Kier alpha value is -3.14. The number of carbonyl (C=O) groups excluding carboxylic acids is 4. The van der Waals surface area contributed by atoms with E-state index in [1.54, 1.807) is 36.2 Å². The van der Waals surface area contributed by atoms with Gasteiger partial charge in [0.1, 0.15) is 24.4 Å². The van der Waals surface area contributed by atoms with Crippen molar-refractivity contribution in [1.82, 2.24) is 25.3 Å². The smallest absolute Gasteiger partial charge is 0.255 e. The van der Waals surface area contributed by atoms with Crippen molar-refractivity contribution >= 4 is 23.6 Å². The molecule has 0 saturated carbocycles. The third-order valence-corrected chi connectivity index (χ3v) is 7.01. The van der Waals surface area contributed by atoms with Crippen LogP contribution in [0.1, 0.15) is 43.5 Å². The first-order valence-corrected chi connectivity index (χ1v) is 12.8. The maximum Gasteiger partial charge on any atom is 0.255 e. The van der Waals surface area contributed by atoms with Gasteiger partial charge in [0.05, 0.1) is 18.5 Å². The van der Waals surface area contributed by atoms with E-state index < -0.39 is 23.9 Å². The highest BCUT2D eigenvalue weighted by molar-refractivity contribution is 6.01. The SMILES string of the molecule is CC[C@H](C)[C@@H]1NC(=O)C[C@@H](C(=O)N2CCCN(C)CC2)NC(=O)c2ccccc2OCCN(C)C1=O. The summed E-state index contributed by atoms with van der Waals surface area (Å²) in [5.74, 6) is -1.20. The molecule has 0 spiro atoms. The molecule has 2 heterocycles. The van der Waals surface area contributed by atoms with E-state index in [4.69, 9.17) is 4.74 Å². The molecule has 1 saturated heterocycles. The predicted octanol–water partition coefficient (Wildman–Crippen LogP) is 0.721. The number of nitrogens with one attached hydrogen (secondary N) is 2. The van der Waals surface area contributed by atoms with E-state index in [-0.39, 0.29) is 36.3 Å². The largest absolute Gasteiger partial charge is 0.491 e. The predicted molar refractivity (Wildman–Crippen MR) is 136 cm³/mol. The van der Waals surface area contributed by atoms with Crippen molar-refractivity contribution in [2.75, 3.05) is 53.4 Å². The van der Waals surface area contributed by atoms with Crippen molar-refractivity contribution in [3.63, 3.8) is 0 Å². The molecular weight excluding hydrogens is 462 g/mol. The summed E-state index contributed by atoms with van der Waals surface area (Å²) in [5, 5.41) is 5.63. The Morgan fingerprint density at radius 1 is 1.06 bits per heavy atom. The van der Waals surface area contributed by atoms with Gasteiger partial charge in [-0.3, -0.25) is 19.2 Å². The summed E-state index contributed by atoms with van der Waals surface area (Å²) in [6, 6.07) is 4.97. The van der Waals surface area contributed by atoms with Gasteiger partial charge < -0.3 is 30.1 Å². The number of rotatable bonds is 3. The monoisotopic (exact) mass is 501 g/mol. The Morgan fingerprint density at radius 3 is 2.56 bits per heavy atom. The van der Waals surface area contributed by atoms with Crippen molar-refractivity contribution in [3.8, 4) is 5.75 Å². The Morgan fingerprint density at radius 2 is 1.81 bits per heavy atom. The van der Waals surface area contributed by atoms with Gasteiger partial charge in [-0.05, 0) is 38.1 Å². The molecule has 0 aromatic heterocycles. The van der Waals surface area contributed by atoms with Gasteiger partial charge >= 0.3 is 0 Å². The number of amides is 4. The maximum absolute atomic E-state index is 13.5. The summed E-state index contributed by atoms with van der Waals surface area (Å²) in [7, 11) is 3.67. The number of carbonyl (C=O) groups is 4. The molecule has 4 amide bonds. The molecular formula is C26H39N5O5. The van der Waals surface area contributed by atoms with Crippen LogP contribution in [0.2, 0.25) is 0 Å². The fraction of sp³-hybridized carbons (Fsp3) is 0.615. The molecule has 0 radical (unpaired) electrons. The number of para-hydroxylation sites is 1. The van der Waals surface area contributed by atoms with Gasteiger partial charge in [-0.15, -0.1) is 0 Å². The highest BCUT2D eigenvalue weighted by Gasteiger charge is 2.33. The summed E-state index contributed by atoms with van der Waals surface area (Å²) < 4.78 is 5.86. The van der Waals surface area contributed by atoms with Crippen LogP contribution in [0.25, 0.3) is 0 Å². The molecule has 1 aromatic rings. The van der Waals surface area contributed by atoms with Gasteiger partial charge in [0.2, 0.25) is 17.7 Å². The molecule has 3 rings (SSSR count). The van der Waals surface area contributed by atoms with Crippen LogP contribution in [0.5, 0.6) is 5.75 Å². The Balaban J connectivity index is 1.92.